The Balaban J connectivity index is 1.19. The summed E-state index contributed by atoms with van der Waals surface area (Å²) in [7, 11) is -3.93. The predicted molar refractivity (Wildman–Crippen MR) is 212 cm³/mol. The van der Waals surface area contributed by atoms with Gasteiger partial charge in [-0.15, -0.1) is 0 Å². The van der Waals surface area contributed by atoms with Crippen molar-refractivity contribution in [2.75, 3.05) is 26.4 Å². The van der Waals surface area contributed by atoms with Crippen molar-refractivity contribution in [2.24, 2.45) is 0 Å². The van der Waals surface area contributed by atoms with Crippen molar-refractivity contribution in [2.45, 2.75) is 35.5 Å². The minimum atomic E-state index is -3.93. The first-order valence-electron chi connectivity index (χ1n) is 17.8. The average molecular weight is 795 g/mol. The van der Waals surface area contributed by atoms with Crippen LogP contribution in [0.2, 0.25) is 0 Å². The van der Waals surface area contributed by atoms with Gasteiger partial charge in [-0.1, -0.05) is 37.4 Å². The van der Waals surface area contributed by atoms with Crippen molar-refractivity contribution in [1.82, 2.24) is 0 Å². The Hall–Kier alpha value is -6.73. The average Bonchev–Trinajstić information content (AvgIpc) is 3.22. The summed E-state index contributed by atoms with van der Waals surface area (Å²) in [5.41, 5.74) is 1.47. The third-order valence-electron chi connectivity index (χ3n) is 7.73. The molecule has 0 saturated heterocycles. The molecule has 0 aliphatic heterocycles. The van der Waals surface area contributed by atoms with Crippen LogP contribution < -0.4 is 18.9 Å². The molecule has 0 fully saturated rings. The molecule has 0 saturated carbocycles. The van der Waals surface area contributed by atoms with E-state index >= 15 is 0 Å². The van der Waals surface area contributed by atoms with Gasteiger partial charge in [0.25, 0.3) is 0 Å². The second kappa shape index (κ2) is 22.6. The second-order valence-electron chi connectivity index (χ2n) is 11.9. The quantitative estimate of drug-likeness (QED) is 0.0334. The Morgan fingerprint density at radius 1 is 0.456 bits per heavy atom. The van der Waals surface area contributed by atoms with E-state index < -0.39 is 33.7 Å². The first-order valence-corrected chi connectivity index (χ1v) is 19.3. The topological polar surface area (TPSA) is 158 Å². The van der Waals surface area contributed by atoms with Crippen molar-refractivity contribution in [1.29, 1.82) is 0 Å². The maximum Gasteiger partial charge on any atom is 0.336 e. The Labute approximate surface area is 331 Å². The molecule has 0 aromatic heterocycles. The van der Waals surface area contributed by atoms with Crippen LogP contribution in [0.25, 0.3) is 12.2 Å². The lowest BCUT2D eigenvalue weighted by atomic mass is 10.2. The number of sulfone groups is 1. The van der Waals surface area contributed by atoms with Crippen LogP contribution in [0.3, 0.4) is 0 Å². The van der Waals surface area contributed by atoms with E-state index in [4.69, 9.17) is 28.4 Å². The molecule has 0 heterocycles. The van der Waals surface area contributed by atoms with Gasteiger partial charge in [0.1, 0.15) is 23.0 Å². The summed E-state index contributed by atoms with van der Waals surface area (Å²) in [6.45, 7) is 8.19. The van der Waals surface area contributed by atoms with Gasteiger partial charge in [-0.3, -0.25) is 0 Å². The fourth-order valence-electron chi connectivity index (χ4n) is 4.74. The van der Waals surface area contributed by atoms with Crippen molar-refractivity contribution in [3.8, 4) is 23.0 Å². The van der Waals surface area contributed by atoms with Crippen molar-refractivity contribution in [3.05, 3.63) is 146 Å². The van der Waals surface area contributed by atoms with Gasteiger partial charge in [-0.25, -0.2) is 27.6 Å². The number of hydrogen-bond donors (Lipinski definition) is 0. The zero-order valence-corrected chi connectivity index (χ0v) is 31.9. The minimum Gasteiger partial charge on any atom is -0.494 e. The maximum atomic E-state index is 13.2. The predicted octanol–water partition coefficient (Wildman–Crippen LogP) is 7.53. The number of carbonyl (C=O) groups excluding carboxylic acids is 4. The van der Waals surface area contributed by atoms with Gasteiger partial charge in [-0.05, 0) is 122 Å². The lowest BCUT2D eigenvalue weighted by Crippen LogP contribution is -2.06. The van der Waals surface area contributed by atoms with Crippen molar-refractivity contribution < 1.29 is 56.0 Å². The Bertz CT molecular complexity index is 1990. The zero-order chi connectivity index (χ0) is 40.9. The highest BCUT2D eigenvalue weighted by Gasteiger charge is 2.18. The van der Waals surface area contributed by atoms with E-state index in [0.29, 0.717) is 63.6 Å². The molecular formula is C44H42O12S. The molecule has 0 atom stereocenters. The highest BCUT2D eigenvalue weighted by atomic mass is 32.2. The van der Waals surface area contributed by atoms with E-state index in [0.717, 1.165) is 23.3 Å². The van der Waals surface area contributed by atoms with E-state index in [2.05, 4.69) is 13.2 Å². The molecule has 0 spiro atoms. The molecule has 0 aliphatic carbocycles. The number of hydrogen-bond acceptors (Lipinski definition) is 12. The van der Waals surface area contributed by atoms with Crippen LogP contribution in [0, 0.1) is 0 Å². The van der Waals surface area contributed by atoms with Gasteiger partial charge in [0.05, 0.1) is 36.2 Å². The van der Waals surface area contributed by atoms with E-state index in [9.17, 15) is 27.6 Å². The standard InChI is InChI=1S/C44H42O12S/c1-3-41(45)53-31-7-5-29-51-35-15-9-33(10-16-35)13-27-43(47)55-37-19-23-39(24-20-37)57(49,50)40-25-21-38(22-26-40)56-44(48)28-14-34-11-17-36(18-12-34)52-30-6-8-32-54-42(46)4-2/h3-4,9-28H,1-2,5-8,29-32H2/b27-13+,28-14+. The zero-order valence-electron chi connectivity index (χ0n) is 31.1. The summed E-state index contributed by atoms with van der Waals surface area (Å²) < 4.78 is 58.3. The lowest BCUT2D eigenvalue weighted by Gasteiger charge is -2.08. The highest BCUT2D eigenvalue weighted by Crippen LogP contribution is 2.25. The molecule has 0 N–H and O–H groups in total. The summed E-state index contributed by atoms with van der Waals surface area (Å²) in [6, 6.07) is 25.0. The van der Waals surface area contributed by atoms with E-state index in [1.165, 1.54) is 60.7 Å². The first kappa shape index (κ1) is 43.0. The van der Waals surface area contributed by atoms with Crippen LogP contribution in [-0.4, -0.2) is 58.7 Å². The first-order chi connectivity index (χ1) is 27.5. The molecule has 0 radical (unpaired) electrons. The summed E-state index contributed by atoms with van der Waals surface area (Å²) in [6.07, 6.45) is 10.6. The molecule has 4 aromatic rings. The Morgan fingerprint density at radius 3 is 1.14 bits per heavy atom. The number of benzene rings is 4. The van der Waals surface area contributed by atoms with Crippen molar-refractivity contribution >= 4 is 45.9 Å². The third kappa shape index (κ3) is 15.1. The largest absolute Gasteiger partial charge is 0.494 e. The van der Waals surface area contributed by atoms with Gasteiger partial charge in [-0.2, -0.15) is 0 Å². The van der Waals surface area contributed by atoms with E-state index in [1.807, 2.05) is 0 Å². The normalized spacial score (nSPS) is 11.1. The highest BCUT2D eigenvalue weighted by molar-refractivity contribution is 7.91. The van der Waals surface area contributed by atoms with Gasteiger partial charge < -0.3 is 28.4 Å². The van der Waals surface area contributed by atoms with Crippen LogP contribution in [-0.2, 0) is 38.5 Å². The number of unbranched alkanes of at least 4 members (excludes halogenated alkanes) is 2. The number of carbonyl (C=O) groups is 4. The summed E-state index contributed by atoms with van der Waals surface area (Å²) >= 11 is 0. The number of esters is 4. The third-order valence-corrected chi connectivity index (χ3v) is 9.51. The minimum absolute atomic E-state index is 0.0214. The fourth-order valence-corrected chi connectivity index (χ4v) is 6.00. The Morgan fingerprint density at radius 2 is 0.789 bits per heavy atom. The molecule has 0 unspecified atom stereocenters. The fraction of sp³-hybridized carbons (Fsp3) is 0.182. The van der Waals surface area contributed by atoms with Crippen LogP contribution in [0.1, 0.15) is 36.8 Å². The summed E-state index contributed by atoms with van der Waals surface area (Å²) in [5, 5.41) is 0. The molecule has 0 aliphatic rings. The van der Waals surface area contributed by atoms with Crippen LogP contribution >= 0.6 is 0 Å². The smallest absolute Gasteiger partial charge is 0.336 e. The molecule has 296 valence electrons. The van der Waals surface area contributed by atoms with E-state index in [-0.39, 0.29) is 21.3 Å². The molecule has 0 bridgehead atoms. The molecular weight excluding hydrogens is 753 g/mol. The van der Waals surface area contributed by atoms with E-state index in [1.54, 1.807) is 60.7 Å². The Kier molecular flexibility index (Phi) is 17.1. The molecule has 12 nitrogen and oxygen atoms in total. The summed E-state index contributed by atoms with van der Waals surface area (Å²) in [4.78, 5) is 46.8. The second-order valence-corrected chi connectivity index (χ2v) is 13.9. The van der Waals surface area contributed by atoms with Crippen molar-refractivity contribution in [3.63, 3.8) is 0 Å². The molecule has 13 heteroatoms. The van der Waals surface area contributed by atoms with Gasteiger partial charge in [0, 0.05) is 24.3 Å². The molecule has 57 heavy (non-hydrogen) atoms. The van der Waals surface area contributed by atoms with Crippen LogP contribution in [0.15, 0.2) is 144 Å². The number of rotatable bonds is 22. The summed E-state index contributed by atoms with van der Waals surface area (Å²) in [5.74, 6) is -0.595. The van der Waals surface area contributed by atoms with Crippen LogP contribution in [0.4, 0.5) is 0 Å². The van der Waals surface area contributed by atoms with Gasteiger partial charge in [0.15, 0.2) is 0 Å². The lowest BCUT2D eigenvalue weighted by molar-refractivity contribution is -0.138. The molecule has 0 amide bonds. The van der Waals surface area contributed by atoms with Gasteiger partial charge in [0.2, 0.25) is 9.84 Å². The molecule has 4 rings (SSSR count). The number of ether oxygens (including phenoxy) is 6. The molecule has 4 aromatic carbocycles. The SMILES string of the molecule is C=CC(=O)OCCCCOc1ccc(/C=C/C(=O)Oc2ccc(S(=O)(=O)c3ccc(OC(=O)/C=C/c4ccc(OCCCCOC(=O)C=C)cc4)cc3)cc2)cc1. The van der Waals surface area contributed by atoms with Crippen LogP contribution in [0.5, 0.6) is 23.0 Å². The maximum absolute atomic E-state index is 13.2. The van der Waals surface area contributed by atoms with Gasteiger partial charge >= 0.3 is 23.9 Å². The monoisotopic (exact) mass is 794 g/mol.